The maximum absolute atomic E-state index is 11.9. The topological polar surface area (TPSA) is 55.8 Å². The molecule has 0 atom stereocenters. The van der Waals surface area contributed by atoms with Gasteiger partial charge in [0.25, 0.3) is 0 Å². The van der Waals surface area contributed by atoms with Crippen LogP contribution in [0, 0.1) is 0 Å². The Labute approximate surface area is 109 Å². The van der Waals surface area contributed by atoms with Crippen LogP contribution in [0.1, 0.15) is 39.5 Å². The van der Waals surface area contributed by atoms with Crippen LogP contribution < -0.4 is 0 Å². The average Bonchev–Trinajstić information content (AvgIpc) is 2.36. The number of methoxy groups -OCH3 is 1. The fourth-order valence-electron chi connectivity index (χ4n) is 1.58. The lowest BCUT2D eigenvalue weighted by Crippen LogP contribution is -2.32. The van der Waals surface area contributed by atoms with Gasteiger partial charge in [0.05, 0.1) is 13.0 Å². The summed E-state index contributed by atoms with van der Waals surface area (Å²) in [6, 6.07) is 0. The molecule has 0 aliphatic carbocycles. The number of ether oxygens (including phenoxy) is 2. The van der Waals surface area contributed by atoms with Crippen molar-refractivity contribution in [2.75, 3.05) is 33.4 Å². The molecule has 0 saturated carbocycles. The van der Waals surface area contributed by atoms with Crippen molar-refractivity contribution in [3.63, 3.8) is 0 Å². The van der Waals surface area contributed by atoms with E-state index in [4.69, 9.17) is 9.47 Å². The molecule has 18 heavy (non-hydrogen) atoms. The Bertz CT molecular complexity index is 237. The van der Waals surface area contributed by atoms with Crippen molar-refractivity contribution < 1.29 is 19.1 Å². The Balaban J connectivity index is 3.87. The van der Waals surface area contributed by atoms with E-state index in [1.54, 1.807) is 7.11 Å². The molecule has 0 N–H and O–H groups in total. The number of nitrogens with zero attached hydrogens (tertiary/aromatic N) is 1. The van der Waals surface area contributed by atoms with Crippen molar-refractivity contribution in [2.45, 2.75) is 39.5 Å². The summed E-state index contributed by atoms with van der Waals surface area (Å²) in [5.41, 5.74) is 0. The van der Waals surface area contributed by atoms with Gasteiger partial charge in [-0.25, -0.2) is 0 Å². The molecular formula is C13H25NO4. The van der Waals surface area contributed by atoms with Crippen molar-refractivity contribution in [3.8, 4) is 0 Å². The summed E-state index contributed by atoms with van der Waals surface area (Å²) in [7, 11) is 1.55. The van der Waals surface area contributed by atoms with E-state index in [2.05, 4.69) is 0 Å². The number of hydrogen-bond acceptors (Lipinski definition) is 4. The summed E-state index contributed by atoms with van der Waals surface area (Å²) in [5.74, 6) is -0.310. The molecule has 0 aliphatic rings. The van der Waals surface area contributed by atoms with Crippen molar-refractivity contribution in [3.05, 3.63) is 0 Å². The van der Waals surface area contributed by atoms with Crippen LogP contribution in [0.15, 0.2) is 0 Å². The van der Waals surface area contributed by atoms with E-state index in [-0.39, 0.29) is 31.3 Å². The van der Waals surface area contributed by atoms with Gasteiger partial charge in [-0.05, 0) is 12.8 Å². The largest absolute Gasteiger partial charge is 0.463 e. The first-order valence-corrected chi connectivity index (χ1v) is 6.58. The molecule has 5 nitrogen and oxygen atoms in total. The van der Waals surface area contributed by atoms with E-state index in [0.29, 0.717) is 6.61 Å². The van der Waals surface area contributed by atoms with Gasteiger partial charge in [-0.15, -0.1) is 0 Å². The lowest BCUT2D eigenvalue weighted by Gasteiger charge is -2.21. The highest BCUT2D eigenvalue weighted by atomic mass is 16.6. The molecular weight excluding hydrogens is 234 g/mol. The first-order chi connectivity index (χ1) is 8.65. The Kier molecular flexibility index (Phi) is 10.3. The minimum absolute atomic E-state index is 0.0300. The van der Waals surface area contributed by atoms with Crippen molar-refractivity contribution in [1.82, 2.24) is 4.90 Å². The van der Waals surface area contributed by atoms with Gasteiger partial charge in [0.15, 0.2) is 0 Å². The number of carbonyl (C=O) groups excluding carboxylic acids is 2. The Hall–Kier alpha value is -1.10. The molecule has 0 radical (unpaired) electrons. The van der Waals surface area contributed by atoms with Crippen LogP contribution in [0.5, 0.6) is 0 Å². The number of carbonyl (C=O) groups is 2. The summed E-state index contributed by atoms with van der Waals surface area (Å²) in [6.07, 6.45) is 2.24. The van der Waals surface area contributed by atoms with E-state index in [1.165, 1.54) is 0 Å². The van der Waals surface area contributed by atoms with Gasteiger partial charge >= 0.3 is 5.97 Å². The molecule has 0 heterocycles. The lowest BCUT2D eigenvalue weighted by atomic mass is 10.2. The zero-order chi connectivity index (χ0) is 13.8. The highest BCUT2D eigenvalue weighted by Gasteiger charge is 2.13. The number of rotatable bonds is 10. The lowest BCUT2D eigenvalue weighted by molar-refractivity contribution is -0.147. The van der Waals surface area contributed by atoms with Crippen molar-refractivity contribution in [1.29, 1.82) is 0 Å². The van der Waals surface area contributed by atoms with Crippen LogP contribution >= 0.6 is 0 Å². The molecule has 0 aromatic carbocycles. The molecule has 0 rings (SSSR count). The molecule has 5 heteroatoms. The molecule has 0 unspecified atom stereocenters. The van der Waals surface area contributed by atoms with Crippen LogP contribution in [0.4, 0.5) is 0 Å². The smallest absolute Gasteiger partial charge is 0.306 e. The first-order valence-electron chi connectivity index (χ1n) is 6.58. The van der Waals surface area contributed by atoms with Crippen molar-refractivity contribution in [2.24, 2.45) is 0 Å². The van der Waals surface area contributed by atoms with E-state index in [9.17, 15) is 9.59 Å². The summed E-state index contributed by atoms with van der Waals surface area (Å²) in [4.78, 5) is 25.0. The molecule has 1 amide bonds. The normalized spacial score (nSPS) is 10.2. The van der Waals surface area contributed by atoms with Crippen LogP contribution in [-0.2, 0) is 19.1 Å². The van der Waals surface area contributed by atoms with Gasteiger partial charge in [-0.1, -0.05) is 13.8 Å². The molecule has 0 saturated heterocycles. The van der Waals surface area contributed by atoms with Crippen LogP contribution in [0.3, 0.4) is 0 Å². The summed E-state index contributed by atoms with van der Waals surface area (Å²) in [5, 5.41) is 0. The summed E-state index contributed by atoms with van der Waals surface area (Å²) in [6.45, 7) is 6.22. The van der Waals surface area contributed by atoms with Gasteiger partial charge in [0, 0.05) is 26.6 Å². The molecule has 0 spiro atoms. The predicted octanol–water partition coefficient (Wildman–Crippen LogP) is 1.60. The van der Waals surface area contributed by atoms with Gasteiger partial charge in [0.2, 0.25) is 5.91 Å². The van der Waals surface area contributed by atoms with Crippen LogP contribution in [0.25, 0.3) is 0 Å². The van der Waals surface area contributed by atoms with Gasteiger partial charge < -0.3 is 14.4 Å². The predicted molar refractivity (Wildman–Crippen MR) is 69.2 cm³/mol. The standard InChI is InChI=1S/C13H25NO4/c1-4-8-14(9-5-2)12(15)6-7-13(16)18-11-10-17-3/h4-11H2,1-3H3. The Morgan fingerprint density at radius 2 is 1.61 bits per heavy atom. The van der Waals surface area contributed by atoms with E-state index >= 15 is 0 Å². The summed E-state index contributed by atoms with van der Waals surface area (Å²) >= 11 is 0. The molecule has 0 aliphatic heterocycles. The molecule has 0 aromatic rings. The SMILES string of the molecule is CCCN(CCC)C(=O)CCC(=O)OCCOC. The quantitative estimate of drug-likeness (QED) is 0.442. The van der Waals surface area contributed by atoms with Crippen LogP contribution in [0.2, 0.25) is 0 Å². The minimum atomic E-state index is -0.339. The molecule has 106 valence electrons. The van der Waals surface area contributed by atoms with Crippen LogP contribution in [-0.4, -0.2) is 50.2 Å². The highest BCUT2D eigenvalue weighted by molar-refractivity contribution is 5.81. The number of esters is 1. The Morgan fingerprint density at radius 3 is 2.11 bits per heavy atom. The molecule has 0 bridgehead atoms. The zero-order valence-corrected chi connectivity index (χ0v) is 11.7. The van der Waals surface area contributed by atoms with Gasteiger partial charge in [-0.2, -0.15) is 0 Å². The summed E-state index contributed by atoms with van der Waals surface area (Å²) < 4.78 is 9.67. The Morgan fingerprint density at radius 1 is 1.00 bits per heavy atom. The van der Waals surface area contributed by atoms with E-state index < -0.39 is 0 Å². The molecule has 0 aromatic heterocycles. The monoisotopic (exact) mass is 259 g/mol. The third-order valence-electron chi connectivity index (χ3n) is 2.43. The third kappa shape index (κ3) is 8.06. The minimum Gasteiger partial charge on any atom is -0.463 e. The maximum Gasteiger partial charge on any atom is 0.306 e. The molecule has 0 fully saturated rings. The fourth-order valence-corrected chi connectivity index (χ4v) is 1.58. The fraction of sp³-hybridized carbons (Fsp3) is 0.846. The highest BCUT2D eigenvalue weighted by Crippen LogP contribution is 2.02. The maximum atomic E-state index is 11.9. The number of amides is 1. The van der Waals surface area contributed by atoms with Gasteiger partial charge in [0.1, 0.15) is 6.61 Å². The van der Waals surface area contributed by atoms with E-state index in [1.807, 2.05) is 18.7 Å². The number of hydrogen-bond donors (Lipinski definition) is 0. The average molecular weight is 259 g/mol. The third-order valence-corrected chi connectivity index (χ3v) is 2.43. The van der Waals surface area contributed by atoms with E-state index in [0.717, 1.165) is 25.9 Å². The van der Waals surface area contributed by atoms with Crippen molar-refractivity contribution >= 4 is 11.9 Å². The first kappa shape index (κ1) is 16.9. The second-order valence-electron chi connectivity index (χ2n) is 4.09. The second kappa shape index (κ2) is 11.0. The van der Waals surface area contributed by atoms with Gasteiger partial charge in [-0.3, -0.25) is 9.59 Å². The zero-order valence-electron chi connectivity index (χ0n) is 11.7. The second-order valence-corrected chi connectivity index (χ2v) is 4.09.